The molecule has 0 aliphatic carbocycles. The minimum atomic E-state index is -0.128. The second kappa shape index (κ2) is 4.75. The topological polar surface area (TPSA) is 32.3 Å². The van der Waals surface area contributed by atoms with Crippen LogP contribution in [0.1, 0.15) is 11.3 Å². The summed E-state index contributed by atoms with van der Waals surface area (Å²) in [6, 6.07) is 2.14. The van der Waals surface area contributed by atoms with Crippen LogP contribution in [0.15, 0.2) is 15.9 Å². The Morgan fingerprint density at radius 3 is 3.14 bits per heavy atom. The van der Waals surface area contributed by atoms with E-state index in [2.05, 4.69) is 32.7 Å². The molecule has 1 aliphatic rings. The Morgan fingerprint density at radius 2 is 2.50 bits per heavy atom. The van der Waals surface area contributed by atoms with E-state index < -0.39 is 0 Å². The van der Waals surface area contributed by atoms with Gasteiger partial charge in [-0.25, -0.2) is 0 Å². The summed E-state index contributed by atoms with van der Waals surface area (Å²) in [5.41, 5.74) is 0. The Hall–Kier alpha value is 0.1000. The van der Waals surface area contributed by atoms with Crippen molar-refractivity contribution in [3.63, 3.8) is 0 Å². The average Bonchev–Trinajstić information content (AvgIpc) is 2.56. The number of hydrogen-bond donors (Lipinski definition) is 2. The number of aliphatic hydroxyl groups excluding tert-OH is 1. The van der Waals surface area contributed by atoms with Gasteiger partial charge in [-0.2, -0.15) is 0 Å². The van der Waals surface area contributed by atoms with E-state index in [-0.39, 0.29) is 6.10 Å². The van der Waals surface area contributed by atoms with Crippen LogP contribution in [0.5, 0.6) is 0 Å². The van der Waals surface area contributed by atoms with Crippen molar-refractivity contribution in [2.45, 2.75) is 18.9 Å². The Bertz CT molecular complexity index is 302. The van der Waals surface area contributed by atoms with Crippen LogP contribution >= 0.6 is 27.3 Å². The van der Waals surface area contributed by atoms with E-state index in [0.29, 0.717) is 5.92 Å². The minimum absolute atomic E-state index is 0.128. The second-order valence-electron chi connectivity index (χ2n) is 3.76. The van der Waals surface area contributed by atoms with Crippen LogP contribution in [-0.4, -0.2) is 24.3 Å². The lowest BCUT2D eigenvalue weighted by molar-refractivity contribution is 0.0795. The first kappa shape index (κ1) is 10.6. The summed E-state index contributed by atoms with van der Waals surface area (Å²) in [5, 5.41) is 15.2. The summed E-state index contributed by atoms with van der Waals surface area (Å²) >= 11 is 5.20. The number of halogens is 1. The smallest absolute Gasteiger partial charge is 0.0596 e. The first-order valence-electron chi connectivity index (χ1n) is 4.87. The molecule has 2 nitrogen and oxygen atoms in total. The van der Waals surface area contributed by atoms with E-state index in [4.69, 9.17) is 0 Å². The second-order valence-corrected chi connectivity index (χ2v) is 5.67. The van der Waals surface area contributed by atoms with Crippen LogP contribution in [0, 0.1) is 5.92 Å². The highest BCUT2D eigenvalue weighted by Crippen LogP contribution is 2.24. The van der Waals surface area contributed by atoms with Crippen molar-refractivity contribution in [1.82, 2.24) is 5.32 Å². The molecule has 2 N–H and O–H groups in total. The summed E-state index contributed by atoms with van der Waals surface area (Å²) in [4.78, 5) is 1.35. The molecule has 78 valence electrons. The molecule has 0 radical (unpaired) electrons. The predicted molar refractivity (Wildman–Crippen MR) is 62.7 cm³/mol. The van der Waals surface area contributed by atoms with Gasteiger partial charge in [-0.15, -0.1) is 11.3 Å². The lowest BCUT2D eigenvalue weighted by atomic mass is 9.92. The van der Waals surface area contributed by atoms with Gasteiger partial charge >= 0.3 is 0 Å². The van der Waals surface area contributed by atoms with E-state index in [0.717, 1.165) is 30.4 Å². The first-order chi connectivity index (χ1) is 6.75. The van der Waals surface area contributed by atoms with Crippen LogP contribution in [0.3, 0.4) is 0 Å². The Labute approximate surface area is 96.5 Å². The van der Waals surface area contributed by atoms with E-state index in [9.17, 15) is 5.11 Å². The Kier molecular flexibility index (Phi) is 3.60. The molecule has 2 atom stereocenters. The zero-order valence-electron chi connectivity index (χ0n) is 7.87. The van der Waals surface area contributed by atoms with Gasteiger partial charge in [0, 0.05) is 27.2 Å². The molecular weight excluding hydrogens is 262 g/mol. The van der Waals surface area contributed by atoms with E-state index in [1.807, 2.05) is 0 Å². The van der Waals surface area contributed by atoms with Crippen LogP contribution in [0.2, 0.25) is 0 Å². The van der Waals surface area contributed by atoms with Gasteiger partial charge in [0.2, 0.25) is 0 Å². The van der Waals surface area contributed by atoms with E-state index >= 15 is 0 Å². The standard InChI is InChI=1S/C10H14BrNOS/c11-8-4-9(14-6-8)3-7-5-12-2-1-10(7)13/h4,6-7,10,12-13H,1-3,5H2. The molecule has 2 heterocycles. The van der Waals surface area contributed by atoms with Crippen molar-refractivity contribution >= 4 is 27.3 Å². The molecule has 0 amide bonds. The molecular formula is C10H14BrNOS. The maximum atomic E-state index is 9.79. The van der Waals surface area contributed by atoms with Gasteiger partial charge in [0.25, 0.3) is 0 Å². The molecule has 1 fully saturated rings. The van der Waals surface area contributed by atoms with Gasteiger partial charge in [0.1, 0.15) is 0 Å². The van der Waals surface area contributed by atoms with Crippen molar-refractivity contribution < 1.29 is 5.11 Å². The SMILES string of the molecule is OC1CCNCC1Cc1cc(Br)cs1. The van der Waals surface area contributed by atoms with Crippen LogP contribution in [0.25, 0.3) is 0 Å². The maximum absolute atomic E-state index is 9.79. The molecule has 0 bridgehead atoms. The van der Waals surface area contributed by atoms with Gasteiger partial charge in [0.05, 0.1) is 6.10 Å². The number of hydrogen-bond acceptors (Lipinski definition) is 3. The van der Waals surface area contributed by atoms with Crippen molar-refractivity contribution in [2.75, 3.05) is 13.1 Å². The fraction of sp³-hybridized carbons (Fsp3) is 0.600. The van der Waals surface area contributed by atoms with Gasteiger partial charge in [-0.1, -0.05) is 0 Å². The van der Waals surface area contributed by atoms with E-state index in [1.165, 1.54) is 4.88 Å². The van der Waals surface area contributed by atoms with Crippen LogP contribution in [0.4, 0.5) is 0 Å². The lowest BCUT2D eigenvalue weighted by Gasteiger charge is -2.27. The van der Waals surface area contributed by atoms with Crippen LogP contribution < -0.4 is 5.32 Å². The fourth-order valence-corrected chi connectivity index (χ4v) is 3.38. The summed E-state index contributed by atoms with van der Waals surface area (Å²) < 4.78 is 1.15. The molecule has 4 heteroatoms. The summed E-state index contributed by atoms with van der Waals surface area (Å²) in [5.74, 6) is 0.384. The van der Waals surface area contributed by atoms with Crippen molar-refractivity contribution in [3.8, 4) is 0 Å². The van der Waals surface area contributed by atoms with Crippen molar-refractivity contribution in [1.29, 1.82) is 0 Å². The summed E-state index contributed by atoms with van der Waals surface area (Å²) in [7, 11) is 0. The minimum Gasteiger partial charge on any atom is -0.393 e. The summed E-state index contributed by atoms with van der Waals surface area (Å²) in [6.07, 6.45) is 1.75. The third-order valence-electron chi connectivity index (χ3n) is 2.65. The predicted octanol–water partition coefficient (Wildman–Crippen LogP) is 2.02. The van der Waals surface area contributed by atoms with Gasteiger partial charge in [0.15, 0.2) is 0 Å². The molecule has 14 heavy (non-hydrogen) atoms. The highest BCUT2D eigenvalue weighted by Gasteiger charge is 2.23. The monoisotopic (exact) mass is 275 g/mol. The van der Waals surface area contributed by atoms with E-state index in [1.54, 1.807) is 11.3 Å². The third-order valence-corrected chi connectivity index (χ3v) is 4.37. The molecule has 1 aliphatic heterocycles. The third kappa shape index (κ3) is 2.57. The zero-order chi connectivity index (χ0) is 9.97. The average molecular weight is 276 g/mol. The van der Waals surface area contributed by atoms with Crippen molar-refractivity contribution in [2.24, 2.45) is 5.92 Å². The van der Waals surface area contributed by atoms with Crippen LogP contribution in [-0.2, 0) is 6.42 Å². The highest BCUT2D eigenvalue weighted by molar-refractivity contribution is 9.10. The Balaban J connectivity index is 1.95. The molecule has 1 aromatic rings. The zero-order valence-corrected chi connectivity index (χ0v) is 10.3. The molecule has 2 rings (SSSR count). The number of aliphatic hydroxyl groups is 1. The molecule has 2 unspecified atom stereocenters. The molecule has 0 aromatic carbocycles. The highest BCUT2D eigenvalue weighted by atomic mass is 79.9. The number of piperidine rings is 1. The quantitative estimate of drug-likeness (QED) is 0.866. The molecule has 1 aromatic heterocycles. The van der Waals surface area contributed by atoms with Gasteiger partial charge in [-0.05, 0) is 41.4 Å². The fourth-order valence-electron chi connectivity index (χ4n) is 1.84. The number of thiophene rings is 1. The van der Waals surface area contributed by atoms with Gasteiger partial charge in [-0.3, -0.25) is 0 Å². The first-order valence-corrected chi connectivity index (χ1v) is 6.54. The number of nitrogens with one attached hydrogen (secondary N) is 1. The molecule has 0 spiro atoms. The summed E-state index contributed by atoms with van der Waals surface area (Å²) in [6.45, 7) is 1.89. The molecule has 1 saturated heterocycles. The largest absolute Gasteiger partial charge is 0.393 e. The van der Waals surface area contributed by atoms with Gasteiger partial charge < -0.3 is 10.4 Å². The number of rotatable bonds is 2. The Morgan fingerprint density at radius 1 is 1.64 bits per heavy atom. The molecule has 0 saturated carbocycles. The lowest BCUT2D eigenvalue weighted by Crippen LogP contribution is -2.40. The normalized spacial score (nSPS) is 27.9. The maximum Gasteiger partial charge on any atom is 0.0596 e. The van der Waals surface area contributed by atoms with Crippen molar-refractivity contribution in [3.05, 3.63) is 20.8 Å².